The maximum Gasteiger partial charge on any atom is 0.0641 e. The van der Waals surface area contributed by atoms with E-state index in [1.165, 1.54) is 16.7 Å². The van der Waals surface area contributed by atoms with Crippen LogP contribution in [0.15, 0.2) is 18.2 Å². The molecule has 1 aliphatic rings. The third-order valence-corrected chi connectivity index (χ3v) is 4.82. The lowest BCUT2D eigenvalue weighted by atomic mass is 9.82. The number of morpholine rings is 1. The summed E-state index contributed by atoms with van der Waals surface area (Å²) in [5.74, 6) is 5.97. The summed E-state index contributed by atoms with van der Waals surface area (Å²) in [4.78, 5) is 2.51. The fourth-order valence-electron chi connectivity index (χ4n) is 3.50. The topological polar surface area (TPSA) is 50.5 Å². The van der Waals surface area contributed by atoms with Gasteiger partial charge in [-0.2, -0.15) is 0 Å². The van der Waals surface area contributed by atoms with Crippen LogP contribution < -0.4 is 11.3 Å². The number of nitrogens with one attached hydrogen (secondary N) is 1. The minimum atomic E-state index is -0.0151. The van der Waals surface area contributed by atoms with Gasteiger partial charge in [-0.15, -0.1) is 0 Å². The second-order valence-electron chi connectivity index (χ2n) is 6.33. The maximum atomic E-state index is 5.97. The average Bonchev–Trinajstić information content (AvgIpc) is 2.47. The number of rotatable bonds is 5. The SMILES string of the molecule is CCC(C)(C(NN)c1cc(C)cc(C)c1)N1CCOCC1. The molecule has 0 radical (unpaired) electrons. The average molecular weight is 291 g/mol. The maximum absolute atomic E-state index is 5.97. The van der Waals surface area contributed by atoms with E-state index in [0.29, 0.717) is 0 Å². The van der Waals surface area contributed by atoms with Crippen molar-refractivity contribution in [3.05, 3.63) is 34.9 Å². The smallest absolute Gasteiger partial charge is 0.0641 e. The fourth-order valence-corrected chi connectivity index (χ4v) is 3.50. The number of hydrogen-bond acceptors (Lipinski definition) is 4. The Morgan fingerprint density at radius 1 is 1.24 bits per heavy atom. The van der Waals surface area contributed by atoms with Gasteiger partial charge in [0, 0.05) is 18.6 Å². The Kier molecular flexibility index (Phi) is 5.38. The highest BCUT2D eigenvalue weighted by Crippen LogP contribution is 2.35. The highest BCUT2D eigenvalue weighted by Gasteiger charge is 2.39. The summed E-state index contributed by atoms with van der Waals surface area (Å²) in [6.07, 6.45) is 1.04. The lowest BCUT2D eigenvalue weighted by molar-refractivity contribution is -0.0329. The van der Waals surface area contributed by atoms with E-state index in [9.17, 15) is 0 Å². The van der Waals surface area contributed by atoms with Crippen molar-refractivity contribution >= 4 is 0 Å². The first-order valence-electron chi connectivity index (χ1n) is 7.88. The Hall–Kier alpha value is -0.940. The number of nitrogens with zero attached hydrogens (tertiary/aromatic N) is 1. The molecular weight excluding hydrogens is 262 g/mol. The summed E-state index contributed by atoms with van der Waals surface area (Å²) in [5, 5.41) is 0. The molecule has 0 spiro atoms. The quantitative estimate of drug-likeness (QED) is 0.646. The first-order valence-corrected chi connectivity index (χ1v) is 7.88. The summed E-state index contributed by atoms with van der Waals surface area (Å²) >= 11 is 0. The van der Waals surface area contributed by atoms with E-state index in [2.05, 4.69) is 56.2 Å². The van der Waals surface area contributed by atoms with Gasteiger partial charge >= 0.3 is 0 Å². The number of hydrazine groups is 1. The van der Waals surface area contributed by atoms with E-state index in [1.54, 1.807) is 0 Å². The van der Waals surface area contributed by atoms with E-state index >= 15 is 0 Å². The van der Waals surface area contributed by atoms with Crippen LogP contribution in [0, 0.1) is 13.8 Å². The third-order valence-electron chi connectivity index (χ3n) is 4.82. The molecule has 4 heteroatoms. The molecule has 118 valence electrons. The standard InChI is InChI=1S/C17H29N3O/c1-5-17(4,20-6-8-21-9-7-20)16(19-18)15-11-13(2)10-14(3)12-15/h10-12,16,19H,5-9,18H2,1-4H3. The van der Waals surface area contributed by atoms with Gasteiger partial charge in [0.1, 0.15) is 0 Å². The summed E-state index contributed by atoms with van der Waals surface area (Å²) in [5.41, 5.74) is 6.90. The molecule has 1 fully saturated rings. The molecular formula is C17H29N3O. The Bertz CT molecular complexity index is 451. The lowest BCUT2D eigenvalue weighted by Crippen LogP contribution is -2.58. The fraction of sp³-hybridized carbons (Fsp3) is 0.647. The molecule has 2 unspecified atom stereocenters. The van der Waals surface area contributed by atoms with Gasteiger partial charge in [-0.3, -0.25) is 16.2 Å². The van der Waals surface area contributed by atoms with Gasteiger partial charge in [-0.05, 0) is 32.8 Å². The minimum absolute atomic E-state index is 0.0151. The van der Waals surface area contributed by atoms with Crippen molar-refractivity contribution in [1.29, 1.82) is 0 Å². The monoisotopic (exact) mass is 291 g/mol. The van der Waals surface area contributed by atoms with Crippen LogP contribution in [0.25, 0.3) is 0 Å². The Morgan fingerprint density at radius 2 is 1.81 bits per heavy atom. The Balaban J connectivity index is 2.35. The predicted octanol–water partition coefficient (Wildman–Crippen LogP) is 2.31. The van der Waals surface area contributed by atoms with Gasteiger partial charge in [-0.1, -0.05) is 36.2 Å². The van der Waals surface area contributed by atoms with Crippen LogP contribution in [0.3, 0.4) is 0 Å². The molecule has 1 heterocycles. The molecule has 1 aliphatic heterocycles. The molecule has 0 saturated carbocycles. The predicted molar refractivity (Wildman–Crippen MR) is 87.1 cm³/mol. The van der Waals surface area contributed by atoms with E-state index in [1.807, 2.05) is 0 Å². The molecule has 2 atom stereocenters. The van der Waals surface area contributed by atoms with Gasteiger partial charge in [0.15, 0.2) is 0 Å². The second-order valence-corrected chi connectivity index (χ2v) is 6.33. The van der Waals surface area contributed by atoms with Crippen molar-refractivity contribution in [2.45, 2.75) is 45.7 Å². The molecule has 0 amide bonds. The highest BCUT2D eigenvalue weighted by molar-refractivity contribution is 5.32. The zero-order chi connectivity index (χ0) is 15.5. The molecule has 1 aromatic rings. The van der Waals surface area contributed by atoms with Crippen LogP contribution >= 0.6 is 0 Å². The summed E-state index contributed by atoms with van der Waals surface area (Å²) in [6.45, 7) is 12.4. The summed E-state index contributed by atoms with van der Waals surface area (Å²) in [7, 11) is 0. The lowest BCUT2D eigenvalue weighted by Gasteiger charge is -2.47. The first-order chi connectivity index (χ1) is 10.0. The normalized spacial score (nSPS) is 21.0. The van der Waals surface area contributed by atoms with Crippen molar-refractivity contribution < 1.29 is 4.74 Å². The Morgan fingerprint density at radius 3 is 2.29 bits per heavy atom. The number of hydrogen-bond donors (Lipinski definition) is 2. The molecule has 1 aromatic carbocycles. The molecule has 3 N–H and O–H groups in total. The van der Waals surface area contributed by atoms with E-state index in [0.717, 1.165) is 32.7 Å². The molecule has 21 heavy (non-hydrogen) atoms. The van der Waals surface area contributed by atoms with Crippen molar-refractivity contribution in [2.75, 3.05) is 26.3 Å². The van der Waals surface area contributed by atoms with Crippen molar-refractivity contribution in [1.82, 2.24) is 10.3 Å². The summed E-state index contributed by atoms with van der Waals surface area (Å²) in [6, 6.07) is 6.80. The third kappa shape index (κ3) is 3.46. The molecule has 1 saturated heterocycles. The zero-order valence-electron chi connectivity index (χ0n) is 13.8. The Labute approximate surface area is 128 Å². The highest BCUT2D eigenvalue weighted by atomic mass is 16.5. The van der Waals surface area contributed by atoms with Crippen molar-refractivity contribution in [3.8, 4) is 0 Å². The van der Waals surface area contributed by atoms with Crippen LogP contribution in [0.4, 0.5) is 0 Å². The van der Waals surface area contributed by atoms with E-state index in [-0.39, 0.29) is 11.6 Å². The van der Waals surface area contributed by atoms with Crippen LogP contribution in [0.1, 0.15) is 43.0 Å². The van der Waals surface area contributed by atoms with Crippen molar-refractivity contribution in [3.63, 3.8) is 0 Å². The first kappa shape index (κ1) is 16.4. The molecule has 2 rings (SSSR count). The number of aryl methyl sites for hydroxylation is 2. The molecule has 0 aromatic heterocycles. The number of ether oxygens (including phenoxy) is 1. The molecule has 0 bridgehead atoms. The van der Waals surface area contributed by atoms with Gasteiger partial charge in [0.25, 0.3) is 0 Å². The largest absolute Gasteiger partial charge is 0.379 e. The number of benzene rings is 1. The molecule has 0 aliphatic carbocycles. The summed E-state index contributed by atoms with van der Waals surface area (Å²) < 4.78 is 5.50. The molecule has 4 nitrogen and oxygen atoms in total. The second kappa shape index (κ2) is 6.88. The minimum Gasteiger partial charge on any atom is -0.379 e. The van der Waals surface area contributed by atoms with Gasteiger partial charge in [-0.25, -0.2) is 0 Å². The van der Waals surface area contributed by atoms with Gasteiger partial charge in [0.2, 0.25) is 0 Å². The van der Waals surface area contributed by atoms with E-state index < -0.39 is 0 Å². The van der Waals surface area contributed by atoms with Gasteiger partial charge < -0.3 is 4.74 Å². The van der Waals surface area contributed by atoms with Crippen LogP contribution in [-0.4, -0.2) is 36.7 Å². The van der Waals surface area contributed by atoms with Crippen molar-refractivity contribution in [2.24, 2.45) is 5.84 Å². The van der Waals surface area contributed by atoms with Crippen LogP contribution in [-0.2, 0) is 4.74 Å². The zero-order valence-corrected chi connectivity index (χ0v) is 13.8. The van der Waals surface area contributed by atoms with Crippen LogP contribution in [0.5, 0.6) is 0 Å². The van der Waals surface area contributed by atoms with E-state index in [4.69, 9.17) is 10.6 Å². The van der Waals surface area contributed by atoms with Crippen LogP contribution in [0.2, 0.25) is 0 Å². The number of nitrogens with two attached hydrogens (primary N) is 1. The van der Waals surface area contributed by atoms with Gasteiger partial charge in [0.05, 0.1) is 19.3 Å².